The van der Waals surface area contributed by atoms with Crippen molar-refractivity contribution in [3.8, 4) is 0 Å². The van der Waals surface area contributed by atoms with Gasteiger partial charge in [0.05, 0.1) is 4.90 Å². The maximum atomic E-state index is 15.6. The van der Waals surface area contributed by atoms with Crippen LogP contribution in [0.5, 0.6) is 0 Å². The van der Waals surface area contributed by atoms with E-state index in [0.717, 1.165) is 24.3 Å². The summed E-state index contributed by atoms with van der Waals surface area (Å²) in [6.45, 7) is 0. The summed E-state index contributed by atoms with van der Waals surface area (Å²) in [7, 11) is -4.85. The molecule has 45 heavy (non-hydrogen) atoms. The molecule has 5 rings (SSSR count). The number of hydrogen-bond acceptors (Lipinski definition) is 5. The average Bonchev–Trinajstić information content (AvgIpc) is 3.30. The standard InChI is InChI=1S/C29H26F9NO4S2/c30-19-3-5-20(6-4-19)45(42,43)26-18(15-40)14-23(39-24(41)25(31)9-11-44-12-10-25)22(26)7-1-16-13-17(2-8-21(16)26)27(32,28(33,34)35)29(36,37)38/h2-6,8,13,15,18,22-23H,1,7,9-12,14H2,(H,39,41)/t18?,22-,23+,26-/m0/s1. The highest BCUT2D eigenvalue weighted by atomic mass is 32.2. The maximum absolute atomic E-state index is 15.6. The fourth-order valence-electron chi connectivity index (χ4n) is 7.08. The summed E-state index contributed by atoms with van der Waals surface area (Å²) in [5.74, 6) is -3.90. The molecule has 4 atom stereocenters. The molecule has 2 fully saturated rings. The predicted molar refractivity (Wildman–Crippen MR) is 145 cm³/mol. The normalized spacial score (nSPS) is 26.9. The molecule has 1 saturated heterocycles. The molecule has 0 radical (unpaired) electrons. The molecular weight excluding hydrogens is 661 g/mol. The van der Waals surface area contributed by atoms with Gasteiger partial charge in [-0.3, -0.25) is 4.79 Å². The van der Waals surface area contributed by atoms with Crippen molar-refractivity contribution in [3.63, 3.8) is 0 Å². The molecule has 16 heteroatoms. The Morgan fingerprint density at radius 2 is 1.56 bits per heavy atom. The number of alkyl halides is 8. The van der Waals surface area contributed by atoms with Crippen molar-refractivity contribution in [3.05, 3.63) is 65.0 Å². The van der Waals surface area contributed by atoms with Crippen LogP contribution in [0, 0.1) is 17.7 Å². The van der Waals surface area contributed by atoms with Crippen molar-refractivity contribution < 1.29 is 57.5 Å². The highest BCUT2D eigenvalue weighted by Gasteiger charge is 2.74. The zero-order chi connectivity index (χ0) is 33.2. The van der Waals surface area contributed by atoms with E-state index in [-0.39, 0.29) is 55.6 Å². The number of carbonyl (C=O) groups is 2. The van der Waals surface area contributed by atoms with Crippen molar-refractivity contribution in [1.29, 1.82) is 0 Å². The number of hydrogen-bond donors (Lipinski definition) is 1. The maximum Gasteiger partial charge on any atom is 0.435 e. The Hall–Kier alpha value is -2.75. The van der Waals surface area contributed by atoms with Crippen LogP contribution in [0.1, 0.15) is 42.4 Å². The Morgan fingerprint density at radius 1 is 0.956 bits per heavy atom. The highest BCUT2D eigenvalue weighted by Crippen LogP contribution is 2.61. The number of rotatable bonds is 6. The van der Waals surface area contributed by atoms with E-state index < -0.39 is 78.3 Å². The van der Waals surface area contributed by atoms with Gasteiger partial charge in [0.2, 0.25) is 0 Å². The van der Waals surface area contributed by atoms with E-state index in [4.69, 9.17) is 0 Å². The first-order valence-corrected chi connectivity index (χ1v) is 16.5. The zero-order valence-electron chi connectivity index (χ0n) is 23.2. The molecule has 5 nitrogen and oxygen atoms in total. The van der Waals surface area contributed by atoms with Crippen molar-refractivity contribution >= 4 is 33.8 Å². The highest BCUT2D eigenvalue weighted by molar-refractivity contribution is 7.99. The minimum atomic E-state index is -6.43. The molecule has 3 aliphatic rings. The second kappa shape index (κ2) is 11.2. The van der Waals surface area contributed by atoms with Gasteiger partial charge in [-0.1, -0.05) is 18.2 Å². The number of thioether (sulfide) groups is 1. The van der Waals surface area contributed by atoms with Crippen molar-refractivity contribution in [2.45, 2.75) is 71.5 Å². The smallest absolute Gasteiger partial charge is 0.350 e. The Labute approximate surface area is 256 Å². The molecule has 1 N–H and O–H groups in total. The molecule has 0 spiro atoms. The average molecular weight is 688 g/mol. The van der Waals surface area contributed by atoms with Crippen LogP contribution < -0.4 is 5.32 Å². The number of aldehydes is 1. The van der Waals surface area contributed by atoms with Gasteiger partial charge in [-0.2, -0.15) is 38.1 Å². The Morgan fingerprint density at radius 3 is 2.11 bits per heavy atom. The van der Waals surface area contributed by atoms with Gasteiger partial charge >= 0.3 is 18.0 Å². The number of sulfone groups is 1. The monoisotopic (exact) mass is 687 g/mol. The lowest BCUT2D eigenvalue weighted by Crippen LogP contribution is -2.54. The van der Waals surface area contributed by atoms with Crippen LogP contribution in [0.15, 0.2) is 47.4 Å². The van der Waals surface area contributed by atoms with E-state index in [1.165, 1.54) is 11.8 Å². The largest absolute Gasteiger partial charge is 0.435 e. The number of aryl methyl sites for hydroxylation is 1. The van der Waals surface area contributed by atoms with Gasteiger partial charge in [-0.25, -0.2) is 21.6 Å². The third-order valence-electron chi connectivity index (χ3n) is 9.27. The lowest BCUT2D eigenvalue weighted by Gasteiger charge is -2.44. The van der Waals surface area contributed by atoms with Crippen LogP contribution in [0.2, 0.25) is 0 Å². The topological polar surface area (TPSA) is 80.3 Å². The van der Waals surface area contributed by atoms with Gasteiger partial charge in [-0.15, -0.1) is 0 Å². The fraction of sp³-hybridized carbons (Fsp3) is 0.517. The van der Waals surface area contributed by atoms with Gasteiger partial charge in [0.1, 0.15) is 16.9 Å². The van der Waals surface area contributed by atoms with Crippen LogP contribution in [0.3, 0.4) is 0 Å². The Bertz CT molecular complexity index is 1570. The zero-order valence-corrected chi connectivity index (χ0v) is 24.8. The molecule has 2 aromatic carbocycles. The predicted octanol–water partition coefficient (Wildman–Crippen LogP) is 6.29. The Balaban J connectivity index is 1.70. The first kappa shape index (κ1) is 33.6. The molecule has 2 aromatic rings. The lowest BCUT2D eigenvalue weighted by atomic mass is 9.71. The van der Waals surface area contributed by atoms with Crippen LogP contribution in [-0.2, 0) is 36.3 Å². The molecular formula is C29H26F9NO4S2. The number of benzene rings is 2. The fourth-order valence-corrected chi connectivity index (χ4v) is 10.8. The molecule has 1 aliphatic heterocycles. The Kier molecular flexibility index (Phi) is 8.36. The molecule has 1 heterocycles. The first-order chi connectivity index (χ1) is 20.8. The van der Waals surface area contributed by atoms with Crippen molar-refractivity contribution in [1.82, 2.24) is 5.32 Å². The van der Waals surface area contributed by atoms with Crippen molar-refractivity contribution in [2.24, 2.45) is 11.8 Å². The quantitative estimate of drug-likeness (QED) is 0.220. The summed E-state index contributed by atoms with van der Waals surface area (Å²) < 4.78 is 153. The van der Waals surface area contributed by atoms with Gasteiger partial charge in [0, 0.05) is 23.4 Å². The van der Waals surface area contributed by atoms with Gasteiger partial charge in [-0.05, 0) is 79.0 Å². The molecule has 0 bridgehead atoms. The minimum Gasteiger partial charge on any atom is -0.350 e. The van der Waals surface area contributed by atoms with E-state index in [2.05, 4.69) is 5.32 Å². The van der Waals surface area contributed by atoms with E-state index in [9.17, 15) is 48.7 Å². The number of halogens is 9. The van der Waals surface area contributed by atoms with Crippen LogP contribution >= 0.6 is 11.8 Å². The van der Waals surface area contributed by atoms with E-state index >= 15 is 8.78 Å². The van der Waals surface area contributed by atoms with Gasteiger partial charge in [0.15, 0.2) is 15.5 Å². The van der Waals surface area contributed by atoms with E-state index in [1.54, 1.807) is 0 Å². The summed E-state index contributed by atoms with van der Waals surface area (Å²) in [6.07, 6.45) is -13.8. The second-order valence-electron chi connectivity index (χ2n) is 11.6. The SMILES string of the molecule is O=CC1C[C@@H](NC(=O)C2(F)CCSCC2)[C@@H]2CCc3cc(C(F)(C(F)(F)F)C(F)(F)F)ccc3[C@@]12S(=O)(=O)c1ccc(F)cc1. The molecule has 0 aromatic heterocycles. The summed E-state index contributed by atoms with van der Waals surface area (Å²) in [4.78, 5) is 25.3. The molecule has 1 amide bonds. The number of nitrogens with one attached hydrogen (secondary N) is 1. The third kappa shape index (κ3) is 5.04. The second-order valence-corrected chi connectivity index (χ2v) is 14.9. The number of carbonyl (C=O) groups excluding carboxylic acids is 2. The van der Waals surface area contributed by atoms with Crippen LogP contribution in [0.4, 0.5) is 39.5 Å². The van der Waals surface area contributed by atoms with Crippen LogP contribution in [0.25, 0.3) is 0 Å². The first-order valence-electron chi connectivity index (χ1n) is 13.8. The summed E-state index contributed by atoms with van der Waals surface area (Å²) in [6, 6.07) is 3.39. The summed E-state index contributed by atoms with van der Waals surface area (Å²) >= 11 is 1.44. The number of fused-ring (bicyclic) bond motifs is 3. The van der Waals surface area contributed by atoms with Gasteiger partial charge < -0.3 is 10.1 Å². The molecule has 1 saturated carbocycles. The molecule has 246 valence electrons. The summed E-state index contributed by atoms with van der Waals surface area (Å²) in [5.41, 5.74) is -10.6. The third-order valence-corrected chi connectivity index (χ3v) is 12.9. The van der Waals surface area contributed by atoms with Crippen LogP contribution in [-0.4, -0.2) is 56.2 Å². The number of amides is 1. The molecule has 2 aliphatic carbocycles. The van der Waals surface area contributed by atoms with E-state index in [0.29, 0.717) is 23.6 Å². The van der Waals surface area contributed by atoms with E-state index in [1.807, 2.05) is 0 Å². The minimum absolute atomic E-state index is 0.119. The lowest BCUT2D eigenvalue weighted by molar-refractivity contribution is -0.348. The summed E-state index contributed by atoms with van der Waals surface area (Å²) in [5, 5.41) is 2.55. The molecule has 1 unspecified atom stereocenters. The van der Waals surface area contributed by atoms with Gasteiger partial charge in [0.25, 0.3) is 5.91 Å². The van der Waals surface area contributed by atoms with Crippen molar-refractivity contribution in [2.75, 3.05) is 11.5 Å².